The van der Waals surface area contributed by atoms with Crippen LogP contribution in [-0.2, 0) is 19.1 Å². The normalized spacial score (nSPS) is 15.9. The van der Waals surface area contributed by atoms with Crippen molar-refractivity contribution >= 4 is 46.5 Å². The lowest BCUT2D eigenvalue weighted by atomic mass is 10.1. The van der Waals surface area contributed by atoms with Crippen LogP contribution in [0, 0.1) is 5.92 Å². The molecule has 1 heterocycles. The number of amides is 2. The van der Waals surface area contributed by atoms with Gasteiger partial charge < -0.3 is 15.0 Å². The van der Waals surface area contributed by atoms with Crippen LogP contribution < -0.4 is 10.2 Å². The van der Waals surface area contributed by atoms with Crippen molar-refractivity contribution in [2.24, 2.45) is 5.92 Å². The predicted octanol–water partition coefficient (Wildman–Crippen LogP) is 3.08. The molecule has 8 heteroatoms. The highest BCUT2D eigenvalue weighted by molar-refractivity contribution is 6.30. The summed E-state index contributed by atoms with van der Waals surface area (Å²) in [5, 5.41) is 3.14. The summed E-state index contributed by atoms with van der Waals surface area (Å²) in [6, 6.07) is 13.1. The van der Waals surface area contributed by atoms with Gasteiger partial charge in [0.25, 0.3) is 5.91 Å². The first-order valence-corrected chi connectivity index (χ1v) is 9.34. The minimum Gasteiger partial charge on any atom is -0.455 e. The number of esters is 1. The van der Waals surface area contributed by atoms with Crippen LogP contribution in [0.3, 0.4) is 0 Å². The Morgan fingerprint density at radius 3 is 2.38 bits per heavy atom. The number of Topliss-reactive ketones (excluding diaryl/α,β-unsaturated/α-hetero) is 1. The van der Waals surface area contributed by atoms with E-state index in [4.69, 9.17) is 16.3 Å². The average molecular weight is 415 g/mol. The number of nitrogens with zero attached hydrogens (tertiary/aromatic N) is 1. The van der Waals surface area contributed by atoms with Gasteiger partial charge in [-0.05, 0) is 55.5 Å². The molecule has 2 aromatic rings. The van der Waals surface area contributed by atoms with Gasteiger partial charge in [-0.15, -0.1) is 0 Å². The Kier molecular flexibility index (Phi) is 6.29. The first-order valence-electron chi connectivity index (χ1n) is 8.97. The zero-order valence-electron chi connectivity index (χ0n) is 15.7. The number of carbonyl (C=O) groups is 4. The number of ether oxygens (including phenoxy) is 1. The Morgan fingerprint density at radius 1 is 1.10 bits per heavy atom. The summed E-state index contributed by atoms with van der Waals surface area (Å²) in [5.41, 5.74) is 1.67. The van der Waals surface area contributed by atoms with Gasteiger partial charge in [-0.3, -0.25) is 19.2 Å². The summed E-state index contributed by atoms with van der Waals surface area (Å²) >= 11 is 5.85. The van der Waals surface area contributed by atoms with Crippen molar-refractivity contribution in [2.45, 2.75) is 13.3 Å². The van der Waals surface area contributed by atoms with E-state index in [2.05, 4.69) is 5.32 Å². The third-order valence-electron chi connectivity index (χ3n) is 4.52. The molecule has 1 aliphatic rings. The quantitative estimate of drug-likeness (QED) is 0.579. The number of hydrogen-bond acceptors (Lipinski definition) is 5. The van der Waals surface area contributed by atoms with Gasteiger partial charge in [0.2, 0.25) is 5.91 Å². The minimum absolute atomic E-state index is 0.0234. The maximum atomic E-state index is 12.3. The first-order chi connectivity index (χ1) is 13.8. The van der Waals surface area contributed by atoms with E-state index in [1.165, 1.54) is 11.8 Å². The fourth-order valence-corrected chi connectivity index (χ4v) is 3.10. The number of ketones is 1. The molecule has 0 aromatic heterocycles. The molecule has 0 aliphatic carbocycles. The molecule has 29 heavy (non-hydrogen) atoms. The van der Waals surface area contributed by atoms with E-state index in [1.54, 1.807) is 48.5 Å². The Balaban J connectivity index is 1.50. The van der Waals surface area contributed by atoms with Crippen molar-refractivity contribution in [3.05, 3.63) is 59.1 Å². The lowest BCUT2D eigenvalue weighted by Crippen LogP contribution is -2.28. The molecule has 0 bridgehead atoms. The maximum Gasteiger partial charge on any atom is 0.311 e. The summed E-state index contributed by atoms with van der Waals surface area (Å²) in [7, 11) is 0. The molecule has 0 radical (unpaired) electrons. The van der Waals surface area contributed by atoms with E-state index in [-0.39, 0.29) is 24.7 Å². The molecule has 150 valence electrons. The van der Waals surface area contributed by atoms with E-state index >= 15 is 0 Å². The van der Waals surface area contributed by atoms with Crippen molar-refractivity contribution < 1.29 is 23.9 Å². The van der Waals surface area contributed by atoms with Gasteiger partial charge in [0, 0.05) is 34.9 Å². The zero-order valence-corrected chi connectivity index (χ0v) is 16.4. The van der Waals surface area contributed by atoms with E-state index < -0.39 is 24.4 Å². The maximum absolute atomic E-state index is 12.3. The predicted molar refractivity (Wildman–Crippen MR) is 108 cm³/mol. The topological polar surface area (TPSA) is 92.8 Å². The SMILES string of the molecule is CC(=O)c1ccc(NC(=O)COC(=O)[C@@H]2CC(=O)N(c3ccc(Cl)cc3)C2)cc1. The highest BCUT2D eigenvalue weighted by atomic mass is 35.5. The van der Waals surface area contributed by atoms with Crippen LogP contribution in [0.4, 0.5) is 11.4 Å². The first kappa shape index (κ1) is 20.5. The number of carbonyl (C=O) groups excluding carboxylic acids is 4. The molecule has 0 spiro atoms. The number of anilines is 2. The fraction of sp³-hybridized carbons (Fsp3) is 0.238. The molecule has 1 N–H and O–H groups in total. The Hall–Kier alpha value is -3.19. The van der Waals surface area contributed by atoms with E-state index in [9.17, 15) is 19.2 Å². The second-order valence-corrected chi connectivity index (χ2v) is 7.11. The molecule has 1 fully saturated rings. The lowest BCUT2D eigenvalue weighted by Gasteiger charge is -2.16. The van der Waals surface area contributed by atoms with Crippen molar-refractivity contribution in [2.75, 3.05) is 23.4 Å². The van der Waals surface area contributed by atoms with Crippen LogP contribution in [0.5, 0.6) is 0 Å². The number of rotatable bonds is 6. The number of nitrogens with one attached hydrogen (secondary N) is 1. The van der Waals surface area contributed by atoms with E-state index in [0.29, 0.717) is 22.0 Å². The zero-order chi connectivity index (χ0) is 21.0. The molecule has 1 aliphatic heterocycles. The van der Waals surface area contributed by atoms with Gasteiger partial charge in [-0.1, -0.05) is 11.6 Å². The molecule has 1 saturated heterocycles. The number of benzene rings is 2. The molecular weight excluding hydrogens is 396 g/mol. The van der Waals surface area contributed by atoms with Gasteiger partial charge in [-0.25, -0.2) is 0 Å². The van der Waals surface area contributed by atoms with Crippen LogP contribution in [-0.4, -0.2) is 36.7 Å². The van der Waals surface area contributed by atoms with Crippen LogP contribution in [0.1, 0.15) is 23.7 Å². The Labute approximate surface area is 172 Å². The Bertz CT molecular complexity index is 941. The van der Waals surface area contributed by atoms with Crippen LogP contribution in [0.2, 0.25) is 5.02 Å². The van der Waals surface area contributed by atoms with Gasteiger partial charge in [-0.2, -0.15) is 0 Å². The lowest BCUT2D eigenvalue weighted by molar-refractivity contribution is -0.151. The van der Waals surface area contributed by atoms with E-state index in [1.807, 2.05) is 0 Å². The van der Waals surface area contributed by atoms with Crippen molar-refractivity contribution in [3.63, 3.8) is 0 Å². The monoisotopic (exact) mass is 414 g/mol. The third kappa shape index (κ3) is 5.20. The highest BCUT2D eigenvalue weighted by Gasteiger charge is 2.36. The number of halogens is 1. The van der Waals surface area contributed by atoms with Gasteiger partial charge in [0.05, 0.1) is 5.92 Å². The molecule has 0 saturated carbocycles. The second kappa shape index (κ2) is 8.87. The molecule has 2 aromatic carbocycles. The van der Waals surface area contributed by atoms with E-state index in [0.717, 1.165) is 0 Å². The van der Waals surface area contributed by atoms with Crippen LogP contribution in [0.25, 0.3) is 0 Å². The summed E-state index contributed by atoms with van der Waals surface area (Å²) in [4.78, 5) is 49.2. The highest BCUT2D eigenvalue weighted by Crippen LogP contribution is 2.27. The molecule has 2 amide bonds. The second-order valence-electron chi connectivity index (χ2n) is 6.67. The molecule has 3 rings (SSSR count). The molecule has 0 unspecified atom stereocenters. The fourth-order valence-electron chi connectivity index (χ4n) is 2.98. The van der Waals surface area contributed by atoms with Crippen LogP contribution in [0.15, 0.2) is 48.5 Å². The minimum atomic E-state index is -0.638. The van der Waals surface area contributed by atoms with Gasteiger partial charge in [0.15, 0.2) is 12.4 Å². The summed E-state index contributed by atoms with van der Waals surface area (Å²) in [6.45, 7) is 1.18. The molecule has 1 atom stereocenters. The van der Waals surface area contributed by atoms with Crippen LogP contribution >= 0.6 is 11.6 Å². The Morgan fingerprint density at radius 2 is 1.76 bits per heavy atom. The standard InChI is InChI=1S/C21H19ClN2O5/c1-13(25)14-2-6-17(7-3-14)23-19(26)12-29-21(28)15-10-20(27)24(11-15)18-8-4-16(22)5-9-18/h2-9,15H,10-12H2,1H3,(H,23,26)/t15-/m1/s1. The van der Waals surface area contributed by atoms with Crippen molar-refractivity contribution in [1.82, 2.24) is 0 Å². The average Bonchev–Trinajstić information content (AvgIpc) is 3.09. The number of hydrogen-bond donors (Lipinski definition) is 1. The summed E-state index contributed by atoms with van der Waals surface area (Å²) in [5.74, 6) is -2.01. The van der Waals surface area contributed by atoms with Crippen molar-refractivity contribution in [1.29, 1.82) is 0 Å². The van der Waals surface area contributed by atoms with Gasteiger partial charge >= 0.3 is 5.97 Å². The third-order valence-corrected chi connectivity index (χ3v) is 4.77. The summed E-state index contributed by atoms with van der Waals surface area (Å²) in [6.07, 6.45) is 0.0234. The molecule has 7 nitrogen and oxygen atoms in total. The smallest absolute Gasteiger partial charge is 0.311 e. The van der Waals surface area contributed by atoms with Crippen molar-refractivity contribution in [3.8, 4) is 0 Å². The van der Waals surface area contributed by atoms with Gasteiger partial charge in [0.1, 0.15) is 0 Å². The molecular formula is C21H19ClN2O5. The summed E-state index contributed by atoms with van der Waals surface area (Å²) < 4.78 is 5.07. The largest absolute Gasteiger partial charge is 0.455 e.